The van der Waals surface area contributed by atoms with E-state index in [-0.39, 0.29) is 108 Å². The van der Waals surface area contributed by atoms with Gasteiger partial charge in [-0.3, -0.25) is 125 Å². The fourth-order valence-corrected chi connectivity index (χ4v) is 16.6. The quantitative estimate of drug-likeness (QED) is 0.0116. The van der Waals surface area contributed by atoms with Crippen molar-refractivity contribution >= 4 is 196 Å². The van der Waals surface area contributed by atoms with Gasteiger partial charge in [-0.25, -0.2) is 4.79 Å². The minimum Gasteiger partial charge on any atom is -0.481 e. The number of nitrogens with one attached hydrogen (secondary N) is 18. The molecule has 3 saturated heterocycles. The highest BCUT2D eigenvalue weighted by atomic mass is 32.2. The average Bonchev–Trinajstić information content (AvgIpc) is 1.69. The van der Waals surface area contributed by atoms with E-state index in [1.165, 1.54) is 44.4 Å². The van der Waals surface area contributed by atoms with Gasteiger partial charge in [0.05, 0.1) is 25.4 Å². The SMILES string of the molecule is CSCC[C@H](NC(=O)[C@H](CC(=O)O)NC(=O)[C@H](CC(C)C)NC(=O)[C@H](CCC(=O)O)NC(=O)[C@H](CCC(=O)O)NC(=O)[C@H](CS)NC(=O)CNC(=O)[C@H](C)NC(=O)[C@H](C)NC(=O)[C@H](CCC(=O)O)NC(=O)[C@@H]1CCCN1C(=O)[C@H](C)NC(=O)[C@@H]1CCCN1C(=O)[C@H](C)NC(=O)[C@@H](N)CCC(=O)O)C(=O)N[C@@H](CC(=O)O)C(=O)N[C@H](C(=O)N[C@@H](CCSC)C(=O)N[C@@H](CCCNC(=N)N)C(=O)N1CCC[C@H]1C(=O)O)C(C)C. The lowest BCUT2D eigenvalue weighted by Gasteiger charge is -2.31. The Kier molecular flexibility index (Phi) is 55.3. The van der Waals surface area contributed by atoms with Gasteiger partial charge >= 0.3 is 41.8 Å². The van der Waals surface area contributed by atoms with Crippen LogP contribution in [0, 0.1) is 17.2 Å². The summed E-state index contributed by atoms with van der Waals surface area (Å²) in [4.78, 5) is 351. The monoisotopic (exact) mass is 2130 g/mol. The van der Waals surface area contributed by atoms with E-state index in [0.717, 1.165) is 35.4 Å². The van der Waals surface area contributed by atoms with Crippen LogP contribution in [0.2, 0.25) is 0 Å². The Labute approximate surface area is 853 Å². The third-order valence-electron chi connectivity index (χ3n) is 23.3. The Morgan fingerprint density at radius 2 is 0.705 bits per heavy atom. The summed E-state index contributed by atoms with van der Waals surface area (Å²) >= 11 is 6.50. The lowest BCUT2D eigenvalue weighted by Crippen LogP contribution is -2.61. The predicted octanol–water partition coefficient (Wildman–Crippen LogP) is -8.35. The largest absolute Gasteiger partial charge is 0.481 e. The third-order valence-corrected chi connectivity index (χ3v) is 24.9. The second kappa shape index (κ2) is 63.7. The molecule has 3 aliphatic rings. The molecule has 59 heteroatoms. The van der Waals surface area contributed by atoms with Gasteiger partial charge in [0.1, 0.15) is 109 Å². The van der Waals surface area contributed by atoms with Crippen molar-refractivity contribution in [3.8, 4) is 0 Å². The molecule has 0 aromatic heterocycles. The van der Waals surface area contributed by atoms with E-state index in [1.807, 2.05) is 0 Å². The van der Waals surface area contributed by atoms with E-state index in [1.54, 1.807) is 26.4 Å². The second-order valence-corrected chi connectivity index (χ2v) is 38.2. The predicted molar refractivity (Wildman–Crippen MR) is 520 cm³/mol. The summed E-state index contributed by atoms with van der Waals surface area (Å²) in [6.45, 7) is 10.3. The Hall–Kier alpha value is -13.5. The number of rotatable bonds is 66. The molecule has 0 aromatic carbocycles. The van der Waals surface area contributed by atoms with Crippen molar-refractivity contribution < 1.29 is 160 Å². The third kappa shape index (κ3) is 44.2. The maximum absolute atomic E-state index is 14.4. The molecular weight excluding hydrogens is 1990 g/mol. The first-order valence-electron chi connectivity index (χ1n) is 47.2. The average molecular weight is 2130 g/mol. The minimum atomic E-state index is -2.14. The van der Waals surface area contributed by atoms with Gasteiger partial charge < -0.3 is 152 Å². The van der Waals surface area contributed by atoms with E-state index in [0.29, 0.717) is 12.8 Å². The van der Waals surface area contributed by atoms with Crippen molar-refractivity contribution in [2.45, 2.75) is 305 Å². The van der Waals surface area contributed by atoms with Crippen LogP contribution < -0.4 is 102 Å². The number of thiol groups is 1. The summed E-state index contributed by atoms with van der Waals surface area (Å²) < 4.78 is 0. The molecule has 0 spiro atoms. The number of nitrogens with two attached hydrogens (primary N) is 2. The molecule has 0 aliphatic carbocycles. The second-order valence-electron chi connectivity index (χ2n) is 35.8. The van der Waals surface area contributed by atoms with Crippen molar-refractivity contribution in [2.75, 3.05) is 62.5 Å². The molecule has 0 saturated carbocycles. The fourth-order valence-electron chi connectivity index (χ4n) is 15.4. The molecule has 3 aliphatic heterocycles. The smallest absolute Gasteiger partial charge is 0.326 e. The van der Waals surface area contributed by atoms with Crippen LogP contribution in [-0.2, 0) is 125 Å². The van der Waals surface area contributed by atoms with Crippen LogP contribution in [-0.4, -0.2) is 388 Å². The van der Waals surface area contributed by atoms with Gasteiger partial charge in [0.2, 0.25) is 112 Å². The Bertz CT molecular complexity index is 4690. The number of nitrogens with zero attached hydrogens (tertiary/aromatic N) is 3. The van der Waals surface area contributed by atoms with Gasteiger partial charge in [-0.05, 0) is 160 Å². The van der Waals surface area contributed by atoms with Gasteiger partial charge in [-0.1, -0.05) is 27.7 Å². The molecule has 19 atom stereocenters. The summed E-state index contributed by atoms with van der Waals surface area (Å²) in [5, 5.41) is 116. The number of thioether (sulfide) groups is 2. The van der Waals surface area contributed by atoms with E-state index in [4.69, 9.17) is 22.0 Å². The van der Waals surface area contributed by atoms with E-state index < -0.39 is 351 Å². The molecule has 56 nitrogen and oxygen atoms in total. The van der Waals surface area contributed by atoms with E-state index >= 15 is 0 Å². The standard InChI is InChI=1S/C87H139N23O33S3/c1-40(2)35-53(76(132)106-54(36-65(120)121)77(133)100-50(27-33-145-9)75(131)105-55(37-66(122)123)78(134)107-67(41(3)4)82(138)102-51(28-34-146-10)74(130)103-52(15-11-29-91-87(89)90)85(141)110-32-14-18-59(110)86(142)143)104-73(129)49(22-26-64(118)119)98-72(128)48(21-25-63(116)117)99-79(135)56(39-144)97-60(111)38-92-68(124)42(5)93-69(125)43(6)94-71(127)47(20-24-62(114)115)101-81(137)58-17-13-31-109(58)84(140)45(8)96-80(136)57-16-12-30-108(57)83(139)44(7)95-70(126)46(88)19-23-61(112)113/h40-59,67,144H,11-39,88H2,1-10H3,(H,92,124)(H,93,125)(H,94,127)(H,95,126)(H,96,136)(H,97,111)(H,98,128)(H,99,135)(H,100,133)(H,101,137)(H,102,138)(H,103,130)(H,104,129)(H,105,131)(H,106,132)(H,107,134)(H,112,113)(H,114,115)(H,116,117)(H,118,119)(H,120,121)(H,122,123)(H,142,143)(H4,89,90,91)/t42-,43-,44-,45-,46-,47-,48-,49-,50-,51-,52-,53-,54-,55-,56-,57-,58-,59-,67-/m0/s1. The molecule has 3 rings (SSSR count). The lowest BCUT2D eigenvalue weighted by atomic mass is 10.0. The summed E-state index contributed by atoms with van der Waals surface area (Å²) in [7, 11) is 0. The first kappa shape index (κ1) is 127. The number of guanidine groups is 1. The van der Waals surface area contributed by atoms with Crippen molar-refractivity contribution in [1.29, 1.82) is 5.41 Å². The number of aliphatic carboxylic acids is 7. The number of amides is 19. The van der Waals surface area contributed by atoms with Crippen LogP contribution in [0.3, 0.4) is 0 Å². The highest BCUT2D eigenvalue weighted by Crippen LogP contribution is 2.25. The van der Waals surface area contributed by atoms with Gasteiger partial charge in [0.25, 0.3) is 0 Å². The number of carboxylic acid groups (broad SMARTS) is 7. The molecule has 0 aromatic rings. The summed E-state index contributed by atoms with van der Waals surface area (Å²) in [5.41, 5.74) is 11.2. The molecule has 0 bridgehead atoms. The molecule has 19 amide bonds. The summed E-state index contributed by atoms with van der Waals surface area (Å²) in [5.74, 6) is -32.4. The number of hydrogen-bond donors (Lipinski definition) is 28. The Morgan fingerprint density at radius 1 is 0.356 bits per heavy atom. The molecule has 3 fully saturated rings. The van der Waals surface area contributed by atoms with Crippen molar-refractivity contribution in [2.24, 2.45) is 23.3 Å². The molecule has 818 valence electrons. The number of carbonyl (C=O) groups is 26. The zero-order valence-corrected chi connectivity index (χ0v) is 85.2. The topological polar surface area (TPSA) is 876 Å². The van der Waals surface area contributed by atoms with Crippen LogP contribution >= 0.6 is 36.2 Å². The lowest BCUT2D eigenvalue weighted by molar-refractivity contribution is -0.149. The molecule has 0 radical (unpaired) electrons. The zero-order chi connectivity index (χ0) is 110. The number of hydrogen-bond acceptors (Lipinski definition) is 31. The van der Waals surface area contributed by atoms with Crippen molar-refractivity contribution in [1.82, 2.24) is 105 Å². The highest BCUT2D eigenvalue weighted by molar-refractivity contribution is 7.98. The Balaban J connectivity index is 1.76. The van der Waals surface area contributed by atoms with Gasteiger partial charge in [0, 0.05) is 57.6 Å². The van der Waals surface area contributed by atoms with Crippen LogP contribution in [0.25, 0.3) is 0 Å². The maximum atomic E-state index is 14.4. The zero-order valence-electron chi connectivity index (χ0n) is 82.6. The number of carboxylic acids is 7. The van der Waals surface area contributed by atoms with Gasteiger partial charge in [-0.2, -0.15) is 36.2 Å². The van der Waals surface area contributed by atoms with Crippen molar-refractivity contribution in [3.63, 3.8) is 0 Å². The molecule has 29 N–H and O–H groups in total. The van der Waals surface area contributed by atoms with E-state index in [9.17, 15) is 155 Å². The maximum Gasteiger partial charge on any atom is 0.326 e. The van der Waals surface area contributed by atoms with Crippen LogP contribution in [0.1, 0.15) is 190 Å². The van der Waals surface area contributed by atoms with Gasteiger partial charge in [0.15, 0.2) is 5.96 Å². The minimum absolute atomic E-state index is 0.00900. The normalized spacial score (nSPS) is 17.5. The summed E-state index contributed by atoms with van der Waals surface area (Å²) in [6, 6.07) is -29.7. The van der Waals surface area contributed by atoms with Crippen molar-refractivity contribution in [3.05, 3.63) is 0 Å². The molecule has 0 unspecified atom stereocenters. The number of likely N-dealkylation sites (tertiary alicyclic amines) is 3. The van der Waals surface area contributed by atoms with Crippen LogP contribution in [0.15, 0.2) is 0 Å². The van der Waals surface area contributed by atoms with Crippen LogP contribution in [0.4, 0.5) is 0 Å². The highest BCUT2D eigenvalue weighted by Gasteiger charge is 2.45. The summed E-state index contributed by atoms with van der Waals surface area (Å²) in [6.07, 6.45) is -3.67. The van der Waals surface area contributed by atoms with Crippen LogP contribution in [0.5, 0.6) is 0 Å². The van der Waals surface area contributed by atoms with E-state index in [2.05, 4.69) is 103 Å². The fraction of sp³-hybridized carbons (Fsp3) is 0.690. The first-order valence-corrected chi connectivity index (χ1v) is 50.6. The van der Waals surface area contributed by atoms with Gasteiger partial charge in [-0.15, -0.1) is 0 Å². The first-order chi connectivity index (χ1) is 68.5. The Morgan fingerprint density at radius 3 is 1.13 bits per heavy atom. The molecular formula is C87H139N23O33S3. The molecule has 3 heterocycles. The number of carbonyl (C=O) groups excluding carboxylic acids is 19. The molecule has 146 heavy (non-hydrogen) atoms.